The van der Waals surface area contributed by atoms with Gasteiger partial charge in [-0.3, -0.25) is 28.8 Å². The molecule has 2 fully saturated rings. The molecule has 42 heavy (non-hydrogen) atoms. The third kappa shape index (κ3) is 9.61. The summed E-state index contributed by atoms with van der Waals surface area (Å²) in [6.07, 6.45) is -12.3. The third-order valence-electron chi connectivity index (χ3n) is 6.19. The zero-order valence-corrected chi connectivity index (χ0v) is 24.7. The van der Waals surface area contributed by atoms with E-state index in [1.165, 1.54) is 14.2 Å². The number of methoxy groups -OCH3 is 2. The van der Waals surface area contributed by atoms with Crippen LogP contribution in [0.1, 0.15) is 54.4 Å². The molecule has 0 saturated carbocycles. The van der Waals surface area contributed by atoms with E-state index >= 15 is 0 Å². The van der Waals surface area contributed by atoms with Crippen molar-refractivity contribution in [2.45, 2.75) is 116 Å². The molecule has 16 heteroatoms. The van der Waals surface area contributed by atoms with Crippen molar-refractivity contribution in [2.75, 3.05) is 14.2 Å². The van der Waals surface area contributed by atoms with E-state index in [0.717, 1.165) is 41.5 Å². The van der Waals surface area contributed by atoms with Crippen molar-refractivity contribution in [3.8, 4) is 0 Å². The van der Waals surface area contributed by atoms with Crippen molar-refractivity contribution < 1.29 is 76.1 Å². The lowest BCUT2D eigenvalue weighted by atomic mass is 9.90. The quantitative estimate of drug-likeness (QED) is 0.227. The minimum Gasteiger partial charge on any atom is -0.456 e. The van der Waals surface area contributed by atoms with Gasteiger partial charge in [-0.1, -0.05) is 0 Å². The van der Waals surface area contributed by atoms with Gasteiger partial charge in [0.1, 0.15) is 12.2 Å². The average Bonchev–Trinajstić information content (AvgIpc) is 2.86. The van der Waals surface area contributed by atoms with Gasteiger partial charge in [0.25, 0.3) is 0 Å². The van der Waals surface area contributed by atoms with Crippen molar-refractivity contribution in [2.24, 2.45) is 0 Å². The number of hydrogen-bond acceptors (Lipinski definition) is 16. The van der Waals surface area contributed by atoms with Crippen LogP contribution in [0.3, 0.4) is 0 Å². The first-order chi connectivity index (χ1) is 19.7. The van der Waals surface area contributed by atoms with Crippen LogP contribution in [0.15, 0.2) is 0 Å². The second kappa shape index (κ2) is 15.8. The molecule has 0 aromatic rings. The van der Waals surface area contributed by atoms with Crippen LogP contribution in [0, 0.1) is 0 Å². The first-order valence-electron chi connectivity index (χ1n) is 13.1. The van der Waals surface area contributed by atoms with Gasteiger partial charge in [0, 0.05) is 55.8 Å². The lowest BCUT2D eigenvalue weighted by molar-refractivity contribution is -0.308. The minimum atomic E-state index is -1.32. The second-order valence-corrected chi connectivity index (χ2v) is 9.58. The van der Waals surface area contributed by atoms with Gasteiger partial charge in [-0.05, 0) is 12.8 Å². The van der Waals surface area contributed by atoms with Gasteiger partial charge >= 0.3 is 35.8 Å². The summed E-state index contributed by atoms with van der Waals surface area (Å²) in [5.41, 5.74) is 0. The number of rotatable bonds is 11. The molecule has 2 saturated heterocycles. The van der Waals surface area contributed by atoms with Gasteiger partial charge in [0.05, 0.1) is 0 Å². The number of ether oxygens (including phenoxy) is 10. The highest BCUT2D eigenvalue weighted by atomic mass is 16.7. The Labute approximate surface area is 242 Å². The fraction of sp³-hybridized carbons (Fsp3) is 0.769. The van der Waals surface area contributed by atoms with E-state index in [2.05, 4.69) is 0 Å². The highest BCUT2D eigenvalue weighted by Gasteiger charge is 2.54. The molecule has 0 N–H and O–H groups in total. The van der Waals surface area contributed by atoms with E-state index in [1.807, 2.05) is 0 Å². The van der Waals surface area contributed by atoms with Crippen LogP contribution >= 0.6 is 0 Å². The summed E-state index contributed by atoms with van der Waals surface area (Å²) in [7, 11) is 2.55. The Hall–Kier alpha value is -3.34. The van der Waals surface area contributed by atoms with Crippen LogP contribution in [0.5, 0.6) is 0 Å². The summed E-state index contributed by atoms with van der Waals surface area (Å²) in [6.45, 7) is 6.79. The molecular weight excluding hydrogens is 568 g/mol. The van der Waals surface area contributed by atoms with Crippen molar-refractivity contribution in [1.82, 2.24) is 0 Å². The molecular formula is C26H38O16. The fourth-order valence-corrected chi connectivity index (χ4v) is 4.88. The largest absolute Gasteiger partial charge is 0.456 e. The lowest BCUT2D eigenvalue weighted by Crippen LogP contribution is -2.63. The van der Waals surface area contributed by atoms with E-state index < -0.39 is 97.2 Å². The molecule has 2 aliphatic rings. The van der Waals surface area contributed by atoms with E-state index in [9.17, 15) is 28.8 Å². The van der Waals surface area contributed by atoms with Gasteiger partial charge in [-0.25, -0.2) is 0 Å². The van der Waals surface area contributed by atoms with Gasteiger partial charge < -0.3 is 47.4 Å². The maximum absolute atomic E-state index is 12.1. The van der Waals surface area contributed by atoms with Gasteiger partial charge in [-0.15, -0.1) is 0 Å². The summed E-state index contributed by atoms with van der Waals surface area (Å²) in [5.74, 6) is -4.45. The Morgan fingerprint density at radius 3 is 0.905 bits per heavy atom. The van der Waals surface area contributed by atoms with E-state index in [4.69, 9.17) is 47.4 Å². The Morgan fingerprint density at radius 2 is 0.667 bits per heavy atom. The Bertz CT molecular complexity index is 919. The molecule has 2 heterocycles. The van der Waals surface area contributed by atoms with Crippen LogP contribution < -0.4 is 0 Å². The number of hydrogen-bond donors (Lipinski definition) is 0. The van der Waals surface area contributed by atoms with Crippen LogP contribution in [0.25, 0.3) is 0 Å². The molecule has 0 amide bonds. The molecule has 0 radical (unpaired) electrons. The van der Waals surface area contributed by atoms with Crippen molar-refractivity contribution in [3.63, 3.8) is 0 Å². The molecule has 16 nitrogen and oxygen atoms in total. The molecule has 0 aromatic heterocycles. The van der Waals surface area contributed by atoms with Crippen LogP contribution in [-0.2, 0) is 76.1 Å². The molecule has 238 valence electrons. The van der Waals surface area contributed by atoms with Gasteiger partial charge in [0.2, 0.25) is 0 Å². The molecule has 0 aliphatic carbocycles. The zero-order chi connectivity index (χ0) is 31.7. The summed E-state index contributed by atoms with van der Waals surface area (Å²) in [4.78, 5) is 71.7. The SMILES string of the molecule is CO[C@H]1O[C@H](CC[C@@H]2O[C@@H](OC)[C@H](OC(C)=O)[C@H](OC(C)=O)[C@H]2OC(C)=O)[C@@H](OC(C)=O)[C@@H](OC(C)=O)[C@@H]1OC(C)=O. The predicted octanol–water partition coefficient (Wildman–Crippen LogP) is 0.0994. The van der Waals surface area contributed by atoms with E-state index in [-0.39, 0.29) is 12.8 Å². The van der Waals surface area contributed by atoms with Crippen LogP contribution in [0.4, 0.5) is 0 Å². The maximum Gasteiger partial charge on any atom is 0.303 e. The number of carbonyl (C=O) groups excluding carboxylic acids is 6. The first kappa shape index (κ1) is 34.9. The van der Waals surface area contributed by atoms with Crippen molar-refractivity contribution in [3.05, 3.63) is 0 Å². The molecule has 2 rings (SSSR count). The Balaban J connectivity index is 2.45. The summed E-state index contributed by atoms with van der Waals surface area (Å²) < 4.78 is 55.0. The topological polar surface area (TPSA) is 195 Å². The summed E-state index contributed by atoms with van der Waals surface area (Å²) in [6, 6.07) is 0. The normalized spacial score (nSPS) is 32.6. The molecule has 2 aliphatic heterocycles. The van der Waals surface area contributed by atoms with E-state index in [1.54, 1.807) is 0 Å². The van der Waals surface area contributed by atoms with Crippen LogP contribution in [0.2, 0.25) is 0 Å². The predicted molar refractivity (Wildman–Crippen MR) is 134 cm³/mol. The standard InChI is InChI=1S/C26H38O16/c1-11(27)35-19-17(41-25(33-7)23(39-15(5)31)21(19)37-13(3)29)9-10-18-20(36-12(2)28)22(38-14(4)30)24(40-16(6)32)26(34-8)42-18/h17-26H,9-10H2,1-8H3/t17-,18+,19-,20+,21-,22-,23+,24-,25+,26-/m1/s1. The van der Waals surface area contributed by atoms with Crippen LogP contribution in [-0.4, -0.2) is 111 Å². The maximum atomic E-state index is 12.1. The fourth-order valence-electron chi connectivity index (χ4n) is 4.88. The molecule has 0 spiro atoms. The Kier molecular flexibility index (Phi) is 13.1. The lowest BCUT2D eigenvalue weighted by Gasteiger charge is -2.46. The number of carbonyl (C=O) groups is 6. The van der Waals surface area contributed by atoms with Gasteiger partial charge in [0.15, 0.2) is 49.2 Å². The number of esters is 6. The van der Waals surface area contributed by atoms with Crippen molar-refractivity contribution >= 4 is 35.8 Å². The molecule has 0 bridgehead atoms. The first-order valence-corrected chi connectivity index (χ1v) is 13.1. The summed E-state index contributed by atoms with van der Waals surface area (Å²) >= 11 is 0. The second-order valence-electron chi connectivity index (χ2n) is 9.58. The van der Waals surface area contributed by atoms with Crippen molar-refractivity contribution in [1.29, 1.82) is 0 Å². The van der Waals surface area contributed by atoms with Gasteiger partial charge in [-0.2, -0.15) is 0 Å². The molecule has 0 unspecified atom stereocenters. The average molecular weight is 607 g/mol. The Morgan fingerprint density at radius 1 is 0.429 bits per heavy atom. The monoisotopic (exact) mass is 606 g/mol. The molecule has 0 aromatic carbocycles. The molecule has 10 atom stereocenters. The zero-order valence-electron chi connectivity index (χ0n) is 24.7. The summed E-state index contributed by atoms with van der Waals surface area (Å²) in [5, 5.41) is 0. The highest BCUT2D eigenvalue weighted by Crippen LogP contribution is 2.35. The van der Waals surface area contributed by atoms with E-state index in [0.29, 0.717) is 0 Å². The minimum absolute atomic E-state index is 0.00769. The highest BCUT2D eigenvalue weighted by molar-refractivity contribution is 5.69. The smallest absolute Gasteiger partial charge is 0.303 e. The third-order valence-corrected chi connectivity index (χ3v) is 6.19.